The number of carbonyl (C=O) groups excluding carboxylic acids is 1. The van der Waals surface area contributed by atoms with Crippen molar-refractivity contribution in [1.29, 1.82) is 0 Å². The van der Waals surface area contributed by atoms with Gasteiger partial charge < -0.3 is 4.74 Å². The number of thioether (sulfide) groups is 1. The first-order valence-corrected chi connectivity index (χ1v) is 6.64. The summed E-state index contributed by atoms with van der Waals surface area (Å²) in [6.07, 6.45) is 1.01. The Morgan fingerprint density at radius 1 is 1.50 bits per heavy atom. The zero-order chi connectivity index (χ0) is 11.5. The molecule has 86 valence electrons. The van der Waals surface area contributed by atoms with Gasteiger partial charge in [0, 0.05) is 17.2 Å². The highest BCUT2D eigenvalue weighted by Crippen LogP contribution is 2.28. The zero-order valence-corrected chi connectivity index (χ0v) is 10.5. The number of hydrogen-bond donors (Lipinski definition) is 0. The van der Waals surface area contributed by atoms with E-state index >= 15 is 0 Å². The Kier molecular flexibility index (Phi) is 3.54. The maximum absolute atomic E-state index is 12.2. The molecule has 1 saturated heterocycles. The van der Waals surface area contributed by atoms with Crippen molar-refractivity contribution in [3.8, 4) is 5.75 Å². The summed E-state index contributed by atoms with van der Waals surface area (Å²) in [4.78, 5) is 12.2. The summed E-state index contributed by atoms with van der Waals surface area (Å²) in [7, 11) is 1.64. The number of Topliss-reactive ketones (excluding diaryl/α,β-unsaturated/α-hetero) is 1. The molecule has 1 aliphatic heterocycles. The predicted molar refractivity (Wildman–Crippen MR) is 67.5 cm³/mol. The van der Waals surface area contributed by atoms with Gasteiger partial charge in [0.15, 0.2) is 5.78 Å². The Morgan fingerprint density at radius 3 is 2.94 bits per heavy atom. The van der Waals surface area contributed by atoms with Gasteiger partial charge in [-0.05, 0) is 30.7 Å². The quantitative estimate of drug-likeness (QED) is 0.755. The van der Waals surface area contributed by atoms with Crippen LogP contribution in [0.2, 0.25) is 0 Å². The van der Waals surface area contributed by atoms with Crippen molar-refractivity contribution < 1.29 is 9.53 Å². The number of hydrogen-bond acceptors (Lipinski definition) is 3. The maximum Gasteiger partial charge on any atom is 0.166 e. The van der Waals surface area contributed by atoms with E-state index in [1.54, 1.807) is 7.11 Å². The van der Waals surface area contributed by atoms with Crippen LogP contribution in [0.15, 0.2) is 18.2 Å². The van der Waals surface area contributed by atoms with E-state index in [0.717, 1.165) is 34.8 Å². The van der Waals surface area contributed by atoms with Crippen LogP contribution in [-0.2, 0) is 0 Å². The van der Waals surface area contributed by atoms with Crippen molar-refractivity contribution >= 4 is 17.5 Å². The molecule has 1 aromatic carbocycles. The lowest BCUT2D eigenvalue weighted by Crippen LogP contribution is -2.14. The summed E-state index contributed by atoms with van der Waals surface area (Å²) >= 11 is 1.87. The van der Waals surface area contributed by atoms with Crippen LogP contribution in [0.1, 0.15) is 22.3 Å². The smallest absolute Gasteiger partial charge is 0.166 e. The Hall–Kier alpha value is -0.960. The van der Waals surface area contributed by atoms with E-state index in [4.69, 9.17) is 4.74 Å². The highest BCUT2D eigenvalue weighted by molar-refractivity contribution is 7.99. The Balaban J connectivity index is 2.22. The zero-order valence-electron chi connectivity index (χ0n) is 9.66. The molecule has 1 fully saturated rings. The molecule has 3 heteroatoms. The van der Waals surface area contributed by atoms with Crippen molar-refractivity contribution in [3.63, 3.8) is 0 Å². The minimum atomic E-state index is 0.206. The number of carbonyl (C=O) groups is 1. The Bertz CT molecular complexity index is 395. The fourth-order valence-corrected chi connectivity index (χ4v) is 3.17. The summed E-state index contributed by atoms with van der Waals surface area (Å²) in [5, 5.41) is 0. The number of ether oxygens (including phenoxy) is 1. The van der Waals surface area contributed by atoms with Crippen molar-refractivity contribution in [2.45, 2.75) is 13.3 Å². The molecule has 1 atom stereocenters. The summed E-state index contributed by atoms with van der Waals surface area (Å²) in [5.41, 5.74) is 1.86. The molecule has 0 amide bonds. The van der Waals surface area contributed by atoms with Crippen LogP contribution in [0.5, 0.6) is 5.75 Å². The van der Waals surface area contributed by atoms with Gasteiger partial charge in [0.1, 0.15) is 5.75 Å². The Morgan fingerprint density at radius 2 is 2.31 bits per heavy atom. The van der Waals surface area contributed by atoms with E-state index < -0.39 is 0 Å². The molecule has 1 aliphatic rings. The molecule has 2 nitrogen and oxygen atoms in total. The molecule has 1 aromatic rings. The highest BCUT2D eigenvalue weighted by atomic mass is 32.2. The molecule has 1 heterocycles. The molecule has 0 aliphatic carbocycles. The summed E-state index contributed by atoms with van der Waals surface area (Å²) in [6.45, 7) is 1.98. The summed E-state index contributed by atoms with van der Waals surface area (Å²) < 4.78 is 5.24. The largest absolute Gasteiger partial charge is 0.496 e. The van der Waals surface area contributed by atoms with E-state index in [9.17, 15) is 4.79 Å². The number of methoxy groups -OCH3 is 1. The molecule has 0 N–H and O–H groups in total. The van der Waals surface area contributed by atoms with Gasteiger partial charge in [-0.2, -0.15) is 11.8 Å². The van der Waals surface area contributed by atoms with E-state index in [-0.39, 0.29) is 11.7 Å². The maximum atomic E-state index is 12.2. The molecule has 2 rings (SSSR count). The van der Waals surface area contributed by atoms with E-state index in [2.05, 4.69) is 0 Å². The van der Waals surface area contributed by atoms with Crippen LogP contribution in [0.3, 0.4) is 0 Å². The minimum absolute atomic E-state index is 0.206. The van der Waals surface area contributed by atoms with Crippen molar-refractivity contribution in [1.82, 2.24) is 0 Å². The Labute approximate surface area is 100 Å². The molecular formula is C13H16O2S. The highest BCUT2D eigenvalue weighted by Gasteiger charge is 2.24. The third-order valence-electron chi connectivity index (χ3n) is 2.99. The first-order chi connectivity index (χ1) is 7.72. The molecule has 0 spiro atoms. The lowest BCUT2D eigenvalue weighted by Gasteiger charge is -2.10. The third-order valence-corrected chi connectivity index (χ3v) is 4.16. The lowest BCUT2D eigenvalue weighted by molar-refractivity contribution is 0.0933. The van der Waals surface area contributed by atoms with Gasteiger partial charge in [0.05, 0.1) is 7.11 Å². The standard InChI is InChI=1S/C13H16O2S/c1-9-3-4-10(7-12(9)15-2)13(14)11-5-6-16-8-11/h3-4,7,11H,5-6,8H2,1-2H3. The van der Waals surface area contributed by atoms with Crippen LogP contribution in [-0.4, -0.2) is 24.4 Å². The number of rotatable bonds is 3. The number of benzene rings is 1. The van der Waals surface area contributed by atoms with Crippen molar-refractivity contribution in [2.75, 3.05) is 18.6 Å². The normalized spacial score (nSPS) is 19.8. The van der Waals surface area contributed by atoms with Crippen LogP contribution in [0.4, 0.5) is 0 Å². The molecular weight excluding hydrogens is 220 g/mol. The number of aryl methyl sites for hydroxylation is 1. The second kappa shape index (κ2) is 4.91. The average molecular weight is 236 g/mol. The molecule has 16 heavy (non-hydrogen) atoms. The SMILES string of the molecule is COc1cc(C(=O)C2CCSC2)ccc1C. The fraction of sp³-hybridized carbons (Fsp3) is 0.462. The molecule has 1 unspecified atom stereocenters. The third kappa shape index (κ3) is 2.24. The minimum Gasteiger partial charge on any atom is -0.496 e. The monoisotopic (exact) mass is 236 g/mol. The second-order valence-corrected chi connectivity index (χ2v) is 5.26. The fourth-order valence-electron chi connectivity index (χ4n) is 1.95. The van der Waals surface area contributed by atoms with E-state index in [1.165, 1.54) is 0 Å². The molecule has 0 aromatic heterocycles. The van der Waals surface area contributed by atoms with E-state index in [1.807, 2.05) is 36.9 Å². The van der Waals surface area contributed by atoms with E-state index in [0.29, 0.717) is 0 Å². The molecule has 0 bridgehead atoms. The number of ketones is 1. The van der Waals surface area contributed by atoms with Gasteiger partial charge in [-0.15, -0.1) is 0 Å². The van der Waals surface area contributed by atoms with Gasteiger partial charge in [-0.1, -0.05) is 12.1 Å². The van der Waals surface area contributed by atoms with Gasteiger partial charge in [-0.25, -0.2) is 0 Å². The van der Waals surface area contributed by atoms with Crippen molar-refractivity contribution in [3.05, 3.63) is 29.3 Å². The first-order valence-electron chi connectivity index (χ1n) is 5.49. The summed E-state index contributed by atoms with van der Waals surface area (Å²) in [6, 6.07) is 5.72. The van der Waals surface area contributed by atoms with Gasteiger partial charge in [0.2, 0.25) is 0 Å². The predicted octanol–water partition coefficient (Wildman–Crippen LogP) is 2.94. The molecule has 0 radical (unpaired) electrons. The average Bonchev–Trinajstić information content (AvgIpc) is 2.82. The second-order valence-electron chi connectivity index (χ2n) is 4.11. The van der Waals surface area contributed by atoms with Crippen LogP contribution >= 0.6 is 11.8 Å². The summed E-state index contributed by atoms with van der Waals surface area (Å²) in [5.74, 6) is 3.35. The van der Waals surface area contributed by atoms with Gasteiger partial charge in [-0.3, -0.25) is 4.79 Å². The molecule has 0 saturated carbocycles. The first kappa shape index (κ1) is 11.5. The van der Waals surface area contributed by atoms with Gasteiger partial charge >= 0.3 is 0 Å². The van der Waals surface area contributed by atoms with Crippen LogP contribution in [0.25, 0.3) is 0 Å². The van der Waals surface area contributed by atoms with Crippen LogP contribution in [0, 0.1) is 12.8 Å². The topological polar surface area (TPSA) is 26.3 Å². The van der Waals surface area contributed by atoms with Crippen molar-refractivity contribution in [2.24, 2.45) is 5.92 Å². The van der Waals surface area contributed by atoms with Crippen LogP contribution < -0.4 is 4.74 Å². The van der Waals surface area contributed by atoms with Gasteiger partial charge in [0.25, 0.3) is 0 Å². The lowest BCUT2D eigenvalue weighted by atomic mass is 9.96.